The standard InChI is InChI=1S/C24H36N2O7S/c1-7-33-22(29)18(14-32-13-17-11-9-8-10-12-17)25-23(30)24(4,5)26-21(28)20(16(2)3)34-19(27)15-31-6/h8-12,16,18,20H,7,13-15H2,1-6H3,(H,25,30)(H,26,28)/t18-,20+/m0/s1. The van der Waals surface area contributed by atoms with Crippen molar-refractivity contribution >= 4 is 34.7 Å². The second kappa shape index (κ2) is 14.7. The molecule has 0 aliphatic heterocycles. The van der Waals surface area contributed by atoms with E-state index in [-0.39, 0.29) is 37.5 Å². The van der Waals surface area contributed by atoms with Crippen molar-refractivity contribution in [3.05, 3.63) is 35.9 Å². The zero-order valence-electron chi connectivity index (χ0n) is 20.7. The molecule has 10 heteroatoms. The molecule has 2 amide bonds. The summed E-state index contributed by atoms with van der Waals surface area (Å²) < 4.78 is 15.5. The van der Waals surface area contributed by atoms with Gasteiger partial charge in [0.1, 0.15) is 12.1 Å². The predicted molar refractivity (Wildman–Crippen MR) is 130 cm³/mol. The van der Waals surface area contributed by atoms with Crippen molar-refractivity contribution in [3.8, 4) is 0 Å². The highest BCUT2D eigenvalue weighted by molar-refractivity contribution is 8.14. The van der Waals surface area contributed by atoms with Gasteiger partial charge >= 0.3 is 5.97 Å². The highest BCUT2D eigenvalue weighted by Gasteiger charge is 2.36. The molecule has 34 heavy (non-hydrogen) atoms. The van der Waals surface area contributed by atoms with Crippen LogP contribution in [0.1, 0.15) is 40.2 Å². The third kappa shape index (κ3) is 10.2. The molecule has 1 aromatic rings. The molecule has 1 rings (SSSR count). The Hall–Kier alpha value is -2.43. The van der Waals surface area contributed by atoms with Gasteiger partial charge in [0.25, 0.3) is 0 Å². The summed E-state index contributed by atoms with van der Waals surface area (Å²) in [5.41, 5.74) is -0.441. The monoisotopic (exact) mass is 496 g/mol. The van der Waals surface area contributed by atoms with Crippen LogP contribution in [0.2, 0.25) is 0 Å². The van der Waals surface area contributed by atoms with E-state index in [1.54, 1.807) is 6.92 Å². The second-order valence-corrected chi connectivity index (χ2v) is 9.68. The topological polar surface area (TPSA) is 120 Å². The maximum atomic E-state index is 13.0. The third-order valence-corrected chi connectivity index (χ3v) is 6.05. The van der Waals surface area contributed by atoms with Gasteiger partial charge < -0.3 is 24.8 Å². The Morgan fingerprint density at radius 2 is 1.74 bits per heavy atom. The van der Waals surface area contributed by atoms with Crippen LogP contribution in [0, 0.1) is 5.92 Å². The molecular formula is C24H36N2O7S. The van der Waals surface area contributed by atoms with E-state index in [1.807, 2.05) is 44.2 Å². The number of nitrogens with one attached hydrogen (secondary N) is 2. The number of amides is 2. The highest BCUT2D eigenvalue weighted by Crippen LogP contribution is 2.22. The zero-order valence-corrected chi connectivity index (χ0v) is 21.5. The van der Waals surface area contributed by atoms with E-state index in [0.29, 0.717) is 0 Å². The van der Waals surface area contributed by atoms with Crippen LogP contribution in [0.3, 0.4) is 0 Å². The first kappa shape index (κ1) is 29.6. The first-order valence-corrected chi connectivity index (χ1v) is 12.0. The lowest BCUT2D eigenvalue weighted by atomic mass is 10.0. The van der Waals surface area contributed by atoms with E-state index >= 15 is 0 Å². The van der Waals surface area contributed by atoms with Gasteiger partial charge in [0.15, 0.2) is 6.04 Å². The minimum atomic E-state index is -1.36. The molecule has 0 radical (unpaired) electrons. The van der Waals surface area contributed by atoms with Gasteiger partial charge in [0.2, 0.25) is 16.9 Å². The SMILES string of the molecule is CCOC(=O)[C@H](COCc1ccccc1)NC(=O)C(C)(C)NC(=O)[C@H](SC(=O)COC)C(C)C. The van der Waals surface area contributed by atoms with Crippen LogP contribution in [0.25, 0.3) is 0 Å². The van der Waals surface area contributed by atoms with Crippen LogP contribution >= 0.6 is 11.8 Å². The van der Waals surface area contributed by atoms with E-state index < -0.39 is 34.6 Å². The smallest absolute Gasteiger partial charge is 0.331 e. The van der Waals surface area contributed by atoms with Crippen molar-refractivity contribution < 1.29 is 33.4 Å². The summed E-state index contributed by atoms with van der Waals surface area (Å²) in [5, 5.41) is 4.32. The van der Waals surface area contributed by atoms with Gasteiger partial charge in [0.05, 0.1) is 25.1 Å². The Morgan fingerprint density at radius 3 is 2.29 bits per heavy atom. The number of hydrogen-bond acceptors (Lipinski definition) is 8. The van der Waals surface area contributed by atoms with Crippen molar-refractivity contribution in [3.63, 3.8) is 0 Å². The van der Waals surface area contributed by atoms with Gasteiger partial charge in [-0.05, 0) is 32.3 Å². The van der Waals surface area contributed by atoms with Crippen molar-refractivity contribution in [2.45, 2.75) is 58.1 Å². The molecular weight excluding hydrogens is 460 g/mol. The van der Waals surface area contributed by atoms with Crippen molar-refractivity contribution in [2.75, 3.05) is 26.9 Å². The first-order valence-electron chi connectivity index (χ1n) is 11.1. The molecule has 0 unspecified atom stereocenters. The van der Waals surface area contributed by atoms with Gasteiger partial charge in [-0.15, -0.1) is 0 Å². The molecule has 190 valence electrons. The van der Waals surface area contributed by atoms with Gasteiger partial charge in [-0.1, -0.05) is 55.9 Å². The maximum Gasteiger partial charge on any atom is 0.331 e. The fourth-order valence-electron chi connectivity index (χ4n) is 2.84. The molecule has 0 saturated carbocycles. The number of carbonyl (C=O) groups is 4. The van der Waals surface area contributed by atoms with E-state index in [9.17, 15) is 19.2 Å². The average Bonchev–Trinajstić information content (AvgIpc) is 2.77. The number of benzene rings is 1. The van der Waals surface area contributed by atoms with Crippen LogP contribution in [0.5, 0.6) is 0 Å². The predicted octanol–water partition coefficient (Wildman–Crippen LogP) is 2.08. The van der Waals surface area contributed by atoms with Crippen LogP contribution < -0.4 is 10.6 Å². The lowest BCUT2D eigenvalue weighted by Crippen LogP contribution is -2.60. The summed E-state index contributed by atoms with van der Waals surface area (Å²) in [6, 6.07) is 8.36. The molecule has 2 N–H and O–H groups in total. The number of hydrogen-bond donors (Lipinski definition) is 2. The molecule has 9 nitrogen and oxygen atoms in total. The Kier molecular flexibility index (Phi) is 12.8. The zero-order chi connectivity index (χ0) is 25.7. The minimum Gasteiger partial charge on any atom is -0.464 e. The molecule has 0 heterocycles. The number of ether oxygens (including phenoxy) is 3. The molecule has 0 aliphatic carbocycles. The molecule has 0 spiro atoms. The fourth-order valence-corrected chi connectivity index (χ4v) is 3.75. The average molecular weight is 497 g/mol. The van der Waals surface area contributed by atoms with Crippen LogP contribution in [0.4, 0.5) is 0 Å². The number of thioether (sulfide) groups is 1. The van der Waals surface area contributed by atoms with Crippen LogP contribution in [-0.2, 0) is 40.0 Å². The van der Waals surface area contributed by atoms with E-state index in [0.717, 1.165) is 17.3 Å². The van der Waals surface area contributed by atoms with Crippen molar-refractivity contribution in [2.24, 2.45) is 5.92 Å². The first-order chi connectivity index (χ1) is 16.0. The lowest BCUT2D eigenvalue weighted by Gasteiger charge is -2.30. The molecule has 2 atom stereocenters. The summed E-state index contributed by atoms with van der Waals surface area (Å²) in [6.07, 6.45) is 0. The summed E-state index contributed by atoms with van der Waals surface area (Å²) in [6.45, 7) is 8.52. The Morgan fingerprint density at radius 1 is 1.09 bits per heavy atom. The van der Waals surface area contributed by atoms with E-state index in [1.165, 1.54) is 21.0 Å². The highest BCUT2D eigenvalue weighted by atomic mass is 32.2. The summed E-state index contributed by atoms with van der Waals surface area (Å²) in [7, 11) is 1.40. The Bertz CT molecular complexity index is 815. The summed E-state index contributed by atoms with van der Waals surface area (Å²) in [5.74, 6) is -1.84. The van der Waals surface area contributed by atoms with Gasteiger partial charge in [-0.25, -0.2) is 4.79 Å². The summed E-state index contributed by atoms with van der Waals surface area (Å²) in [4.78, 5) is 50.2. The molecule has 0 aromatic heterocycles. The molecule has 0 bridgehead atoms. The van der Waals surface area contributed by atoms with Crippen LogP contribution in [0.15, 0.2) is 30.3 Å². The maximum absolute atomic E-state index is 13.0. The van der Waals surface area contributed by atoms with Gasteiger partial charge in [-0.3, -0.25) is 14.4 Å². The van der Waals surface area contributed by atoms with Crippen molar-refractivity contribution in [1.82, 2.24) is 10.6 Å². The number of esters is 1. The fraction of sp³-hybridized carbons (Fsp3) is 0.583. The number of methoxy groups -OCH3 is 1. The summed E-state index contributed by atoms with van der Waals surface area (Å²) >= 11 is 0.871. The Balaban J connectivity index is 2.81. The molecule has 0 saturated heterocycles. The minimum absolute atomic E-state index is 0.0977. The molecule has 1 aromatic carbocycles. The normalized spacial score (nSPS) is 13.1. The van der Waals surface area contributed by atoms with E-state index in [2.05, 4.69) is 10.6 Å². The largest absolute Gasteiger partial charge is 0.464 e. The quantitative estimate of drug-likeness (QED) is 0.376. The Labute approximate surface area is 205 Å². The number of rotatable bonds is 14. The van der Waals surface area contributed by atoms with Crippen LogP contribution in [-0.4, -0.2) is 66.7 Å². The van der Waals surface area contributed by atoms with Gasteiger partial charge in [0, 0.05) is 7.11 Å². The second-order valence-electron chi connectivity index (χ2n) is 8.48. The lowest BCUT2D eigenvalue weighted by molar-refractivity contribution is -0.150. The number of carbonyl (C=O) groups excluding carboxylic acids is 4. The van der Waals surface area contributed by atoms with Gasteiger partial charge in [-0.2, -0.15) is 0 Å². The third-order valence-electron chi connectivity index (χ3n) is 4.66. The van der Waals surface area contributed by atoms with E-state index in [4.69, 9.17) is 14.2 Å². The molecule has 0 aliphatic rings. The molecule has 0 fully saturated rings. The van der Waals surface area contributed by atoms with Crippen molar-refractivity contribution in [1.29, 1.82) is 0 Å².